The number of hydrogen-bond acceptors (Lipinski definition) is 5. The Hall–Kier alpha value is -2.61. The van der Waals surface area contributed by atoms with Gasteiger partial charge in [0, 0.05) is 6.04 Å². The van der Waals surface area contributed by atoms with E-state index in [1.165, 1.54) is 4.57 Å². The Labute approximate surface area is 172 Å². The highest BCUT2D eigenvalue weighted by atomic mass is 35.5. The van der Waals surface area contributed by atoms with E-state index in [0.29, 0.717) is 24.2 Å². The van der Waals surface area contributed by atoms with Crippen molar-refractivity contribution in [2.24, 2.45) is 5.92 Å². The smallest absolute Gasteiger partial charge is 0.408 e. The van der Waals surface area contributed by atoms with Gasteiger partial charge < -0.3 is 15.2 Å². The standard InChI is InChI=1S/C20H24ClN3O5/c1-10(22-19(28)29-20(2,3)4)16-23-14-7-5-6-13(21)15(14)17(25)24(16)12-8-11(9-12)18(26)27/h5-7,10-12H,8-9H2,1-4H3,(H,22,28)(H,26,27). The van der Waals surface area contributed by atoms with Crippen molar-refractivity contribution < 1.29 is 19.4 Å². The van der Waals surface area contributed by atoms with E-state index < -0.39 is 29.6 Å². The summed E-state index contributed by atoms with van der Waals surface area (Å²) in [6.45, 7) is 6.96. The lowest BCUT2D eigenvalue weighted by Gasteiger charge is -2.36. The molecule has 0 bridgehead atoms. The highest BCUT2D eigenvalue weighted by Gasteiger charge is 2.38. The summed E-state index contributed by atoms with van der Waals surface area (Å²) in [7, 11) is 0. The maximum absolute atomic E-state index is 13.2. The molecule has 1 atom stereocenters. The number of benzene rings is 1. The minimum atomic E-state index is -0.887. The van der Waals surface area contributed by atoms with Crippen LogP contribution in [0.2, 0.25) is 5.02 Å². The second kappa shape index (κ2) is 7.67. The van der Waals surface area contributed by atoms with Crippen LogP contribution in [-0.4, -0.2) is 32.3 Å². The summed E-state index contributed by atoms with van der Waals surface area (Å²) in [5.74, 6) is -1.05. The molecular weight excluding hydrogens is 398 g/mol. The average molecular weight is 422 g/mol. The van der Waals surface area contributed by atoms with Gasteiger partial charge in [0.25, 0.3) is 5.56 Å². The van der Waals surface area contributed by atoms with Crippen molar-refractivity contribution in [3.8, 4) is 0 Å². The number of aromatic nitrogens is 2. The number of nitrogens with one attached hydrogen (secondary N) is 1. The number of aliphatic carboxylic acids is 1. The summed E-state index contributed by atoms with van der Waals surface area (Å²) in [6.07, 6.45) is 0.00643. The van der Waals surface area contributed by atoms with Crippen LogP contribution in [0.5, 0.6) is 0 Å². The van der Waals surface area contributed by atoms with Crippen molar-refractivity contribution in [3.05, 3.63) is 39.4 Å². The van der Waals surface area contributed by atoms with Crippen LogP contribution < -0.4 is 10.9 Å². The van der Waals surface area contributed by atoms with Crippen molar-refractivity contribution in [1.82, 2.24) is 14.9 Å². The van der Waals surface area contributed by atoms with Gasteiger partial charge in [-0.25, -0.2) is 9.78 Å². The average Bonchev–Trinajstić information content (AvgIpc) is 2.52. The Morgan fingerprint density at radius 2 is 2.00 bits per heavy atom. The third-order valence-corrected chi connectivity index (χ3v) is 5.17. The molecule has 29 heavy (non-hydrogen) atoms. The SMILES string of the molecule is CC(NC(=O)OC(C)(C)C)c1nc2cccc(Cl)c2c(=O)n1C1CC(C(=O)O)C1. The van der Waals surface area contributed by atoms with E-state index in [0.717, 1.165) is 0 Å². The minimum absolute atomic E-state index is 0.279. The molecule has 9 heteroatoms. The molecule has 1 unspecified atom stereocenters. The van der Waals surface area contributed by atoms with Crippen molar-refractivity contribution in [3.63, 3.8) is 0 Å². The molecule has 1 aliphatic carbocycles. The van der Waals surface area contributed by atoms with E-state index >= 15 is 0 Å². The number of carbonyl (C=O) groups is 2. The molecule has 1 aliphatic rings. The first-order chi connectivity index (χ1) is 13.5. The molecule has 1 heterocycles. The molecule has 1 aromatic carbocycles. The first-order valence-corrected chi connectivity index (χ1v) is 9.78. The predicted octanol–water partition coefficient (Wildman–Crippen LogP) is 3.67. The summed E-state index contributed by atoms with van der Waals surface area (Å²) in [5.41, 5.74) is -0.598. The zero-order chi connectivity index (χ0) is 21.5. The highest BCUT2D eigenvalue weighted by Crippen LogP contribution is 2.38. The fourth-order valence-electron chi connectivity index (χ4n) is 3.43. The van der Waals surface area contributed by atoms with Gasteiger partial charge >= 0.3 is 12.1 Å². The van der Waals surface area contributed by atoms with Crippen LogP contribution in [0.25, 0.3) is 10.9 Å². The van der Waals surface area contributed by atoms with Crippen LogP contribution in [0.1, 0.15) is 58.4 Å². The molecular formula is C20H24ClN3O5. The molecule has 1 amide bonds. The van der Waals surface area contributed by atoms with Crippen molar-refractivity contribution in [1.29, 1.82) is 0 Å². The molecule has 1 aromatic heterocycles. The summed E-state index contributed by atoms with van der Waals surface area (Å²) in [5, 5.41) is 12.5. The summed E-state index contributed by atoms with van der Waals surface area (Å²) in [4.78, 5) is 41.2. The molecule has 2 N–H and O–H groups in total. The normalized spacial score (nSPS) is 20.0. The van der Waals surface area contributed by atoms with Crippen molar-refractivity contribution in [2.45, 2.75) is 58.2 Å². The predicted molar refractivity (Wildman–Crippen MR) is 108 cm³/mol. The zero-order valence-electron chi connectivity index (χ0n) is 16.7. The van der Waals surface area contributed by atoms with Gasteiger partial charge in [-0.05, 0) is 52.7 Å². The fraction of sp³-hybridized carbons (Fsp3) is 0.500. The van der Waals surface area contributed by atoms with Crippen LogP contribution in [0.3, 0.4) is 0 Å². The Morgan fingerprint density at radius 1 is 1.34 bits per heavy atom. The van der Waals surface area contributed by atoms with Gasteiger partial charge in [0.05, 0.1) is 27.9 Å². The summed E-state index contributed by atoms with van der Waals surface area (Å²) >= 11 is 6.23. The molecule has 0 aliphatic heterocycles. The maximum Gasteiger partial charge on any atom is 0.408 e. The van der Waals surface area contributed by atoms with Gasteiger partial charge in [0.15, 0.2) is 0 Å². The third-order valence-electron chi connectivity index (χ3n) is 4.85. The Morgan fingerprint density at radius 3 is 2.59 bits per heavy atom. The molecule has 0 spiro atoms. The van der Waals surface area contributed by atoms with Gasteiger partial charge in [-0.2, -0.15) is 0 Å². The van der Waals surface area contributed by atoms with Gasteiger partial charge in [0.2, 0.25) is 0 Å². The van der Waals surface area contributed by atoms with Gasteiger partial charge in [0.1, 0.15) is 11.4 Å². The number of rotatable bonds is 4. The topological polar surface area (TPSA) is 111 Å². The van der Waals surface area contributed by atoms with E-state index in [-0.39, 0.29) is 22.0 Å². The number of carboxylic acid groups (broad SMARTS) is 1. The first kappa shape index (κ1) is 21.1. The lowest BCUT2D eigenvalue weighted by molar-refractivity contribution is -0.146. The van der Waals surface area contributed by atoms with E-state index in [1.54, 1.807) is 45.9 Å². The highest BCUT2D eigenvalue weighted by molar-refractivity contribution is 6.35. The van der Waals surface area contributed by atoms with Crippen LogP contribution in [0, 0.1) is 5.92 Å². The van der Waals surface area contributed by atoms with Crippen LogP contribution in [0.15, 0.2) is 23.0 Å². The second-order valence-electron chi connectivity index (χ2n) is 8.31. The van der Waals surface area contributed by atoms with E-state index in [9.17, 15) is 19.5 Å². The summed E-state index contributed by atoms with van der Waals surface area (Å²) in [6, 6.07) is 4.03. The lowest BCUT2D eigenvalue weighted by Crippen LogP contribution is -2.42. The minimum Gasteiger partial charge on any atom is -0.481 e. The van der Waals surface area contributed by atoms with E-state index in [2.05, 4.69) is 10.3 Å². The van der Waals surface area contributed by atoms with Crippen LogP contribution in [-0.2, 0) is 9.53 Å². The molecule has 2 aromatic rings. The van der Waals surface area contributed by atoms with Crippen molar-refractivity contribution in [2.75, 3.05) is 0 Å². The van der Waals surface area contributed by atoms with Gasteiger partial charge in [-0.3, -0.25) is 14.2 Å². The van der Waals surface area contributed by atoms with E-state index in [1.807, 2.05) is 0 Å². The van der Waals surface area contributed by atoms with E-state index in [4.69, 9.17) is 16.3 Å². The zero-order valence-corrected chi connectivity index (χ0v) is 17.5. The lowest BCUT2D eigenvalue weighted by atomic mass is 9.80. The molecule has 156 valence electrons. The van der Waals surface area contributed by atoms with Crippen LogP contribution in [0.4, 0.5) is 4.79 Å². The number of amides is 1. The number of halogens is 1. The number of ether oxygens (including phenoxy) is 1. The molecule has 0 radical (unpaired) electrons. The number of nitrogens with zero attached hydrogens (tertiary/aromatic N) is 2. The monoisotopic (exact) mass is 421 g/mol. The number of carboxylic acids is 1. The number of hydrogen-bond donors (Lipinski definition) is 2. The molecule has 3 rings (SSSR count). The molecule has 1 fully saturated rings. The quantitative estimate of drug-likeness (QED) is 0.779. The first-order valence-electron chi connectivity index (χ1n) is 9.41. The Kier molecular flexibility index (Phi) is 5.58. The molecule has 8 nitrogen and oxygen atoms in total. The van der Waals surface area contributed by atoms with Crippen molar-refractivity contribution >= 4 is 34.6 Å². The third kappa shape index (κ3) is 4.37. The maximum atomic E-state index is 13.2. The fourth-order valence-corrected chi connectivity index (χ4v) is 3.68. The van der Waals surface area contributed by atoms with Gasteiger partial charge in [-0.15, -0.1) is 0 Å². The number of alkyl carbamates (subject to hydrolysis) is 1. The van der Waals surface area contributed by atoms with Gasteiger partial charge in [-0.1, -0.05) is 17.7 Å². The van der Waals surface area contributed by atoms with Crippen LogP contribution >= 0.6 is 11.6 Å². The Bertz CT molecular complexity index is 1020. The molecule has 0 saturated heterocycles. The molecule has 1 saturated carbocycles. The largest absolute Gasteiger partial charge is 0.481 e. The second-order valence-corrected chi connectivity index (χ2v) is 8.71. The number of fused-ring (bicyclic) bond motifs is 1. The number of carbonyl (C=O) groups excluding carboxylic acids is 1. The summed E-state index contributed by atoms with van der Waals surface area (Å²) < 4.78 is 6.76. The Balaban J connectivity index is 2.03.